The molecule has 1 fully saturated rings. The van der Waals surface area contributed by atoms with Crippen molar-refractivity contribution in [2.75, 3.05) is 18.4 Å². The number of piperidine rings is 1. The SMILES string of the molecule is CC(c1ccccc1)n1cc(C(=O)Nc2c[nH]c(=O)c(-c3cc4cc(CN5CCCCC5)ccc4[nH]3)c2)cn1. The van der Waals surface area contributed by atoms with Crippen molar-refractivity contribution in [1.29, 1.82) is 0 Å². The van der Waals surface area contributed by atoms with Crippen molar-refractivity contribution < 1.29 is 4.79 Å². The lowest BCUT2D eigenvalue weighted by atomic mass is 10.1. The quantitative estimate of drug-likeness (QED) is 0.261. The zero-order chi connectivity index (χ0) is 26.8. The summed E-state index contributed by atoms with van der Waals surface area (Å²) in [6.07, 6.45) is 8.66. The minimum absolute atomic E-state index is 0.00480. The Morgan fingerprint density at radius 3 is 2.69 bits per heavy atom. The standard InChI is InChI=1S/C31H32N6O2/c1-21(23-8-4-2-5-9-23)37-20-25(17-33-37)30(38)34-26-16-27(31(39)32-18-26)29-15-24-14-22(10-11-28(24)35-29)19-36-12-6-3-7-13-36/h2,4-5,8-11,14-18,20-21,35H,3,6-7,12-13,19H2,1H3,(H,32,39)(H,34,38). The summed E-state index contributed by atoms with van der Waals surface area (Å²) in [5, 5.41) is 8.35. The predicted molar refractivity (Wildman–Crippen MR) is 154 cm³/mol. The first-order valence-electron chi connectivity index (χ1n) is 13.5. The Balaban J connectivity index is 1.19. The lowest BCUT2D eigenvalue weighted by molar-refractivity contribution is 0.102. The fourth-order valence-electron chi connectivity index (χ4n) is 5.31. The third-order valence-electron chi connectivity index (χ3n) is 7.53. The molecule has 8 nitrogen and oxygen atoms in total. The lowest BCUT2D eigenvalue weighted by Crippen LogP contribution is -2.28. The number of carbonyl (C=O) groups is 1. The zero-order valence-corrected chi connectivity index (χ0v) is 22.0. The molecule has 1 saturated heterocycles. The maximum atomic E-state index is 13.0. The molecule has 0 spiro atoms. The smallest absolute Gasteiger partial charge is 0.258 e. The largest absolute Gasteiger partial charge is 0.354 e. The first kappa shape index (κ1) is 24.9. The first-order valence-corrected chi connectivity index (χ1v) is 13.5. The van der Waals surface area contributed by atoms with E-state index in [4.69, 9.17) is 0 Å². The number of H-pyrrole nitrogens is 2. The van der Waals surface area contributed by atoms with E-state index in [1.54, 1.807) is 23.1 Å². The van der Waals surface area contributed by atoms with Gasteiger partial charge < -0.3 is 15.3 Å². The van der Waals surface area contributed by atoms with Crippen molar-refractivity contribution in [2.24, 2.45) is 0 Å². The van der Waals surface area contributed by atoms with Crippen molar-refractivity contribution in [2.45, 2.75) is 38.8 Å². The van der Waals surface area contributed by atoms with E-state index in [0.29, 0.717) is 22.5 Å². The summed E-state index contributed by atoms with van der Waals surface area (Å²) in [6.45, 7) is 5.28. The summed E-state index contributed by atoms with van der Waals surface area (Å²) in [5.41, 5.74) is 5.25. The normalized spacial score (nSPS) is 14.9. The molecular weight excluding hydrogens is 488 g/mol. The Labute approximate surface area is 226 Å². The molecule has 3 N–H and O–H groups in total. The van der Waals surface area contributed by atoms with E-state index in [0.717, 1.165) is 36.1 Å². The molecule has 5 aromatic rings. The minimum atomic E-state index is -0.293. The number of amides is 1. The summed E-state index contributed by atoms with van der Waals surface area (Å²) >= 11 is 0. The number of fused-ring (bicyclic) bond motifs is 1. The maximum Gasteiger partial charge on any atom is 0.258 e. The molecule has 1 amide bonds. The molecule has 0 saturated carbocycles. The van der Waals surface area contributed by atoms with E-state index < -0.39 is 0 Å². The number of aromatic amines is 2. The lowest BCUT2D eigenvalue weighted by Gasteiger charge is -2.26. The number of benzene rings is 2. The van der Waals surface area contributed by atoms with Crippen molar-refractivity contribution in [1.82, 2.24) is 24.6 Å². The van der Waals surface area contributed by atoms with Crippen LogP contribution in [-0.2, 0) is 6.54 Å². The number of rotatable bonds is 7. The van der Waals surface area contributed by atoms with Crippen LogP contribution in [-0.4, -0.2) is 43.6 Å². The van der Waals surface area contributed by atoms with E-state index >= 15 is 0 Å². The Hall–Kier alpha value is -4.43. The van der Waals surface area contributed by atoms with Crippen LogP contribution in [0.3, 0.4) is 0 Å². The number of hydrogen-bond acceptors (Lipinski definition) is 4. The van der Waals surface area contributed by atoms with Crippen LogP contribution in [0.1, 0.15) is 53.7 Å². The number of nitrogens with zero attached hydrogens (tertiary/aromatic N) is 3. The van der Waals surface area contributed by atoms with Gasteiger partial charge in [-0.2, -0.15) is 5.10 Å². The molecule has 1 unspecified atom stereocenters. The number of hydrogen-bond donors (Lipinski definition) is 3. The molecule has 198 valence electrons. The molecule has 8 heteroatoms. The maximum absolute atomic E-state index is 13.0. The number of pyridine rings is 1. The Kier molecular flexibility index (Phi) is 6.85. The molecule has 39 heavy (non-hydrogen) atoms. The average Bonchev–Trinajstić information content (AvgIpc) is 3.62. The zero-order valence-electron chi connectivity index (χ0n) is 22.0. The van der Waals surface area contributed by atoms with Gasteiger partial charge in [0.2, 0.25) is 0 Å². The number of anilines is 1. The van der Waals surface area contributed by atoms with Crippen LogP contribution in [0.2, 0.25) is 0 Å². The van der Waals surface area contributed by atoms with Crippen LogP contribution in [0.15, 0.2) is 84.0 Å². The van der Waals surface area contributed by atoms with Gasteiger partial charge >= 0.3 is 0 Å². The van der Waals surface area contributed by atoms with Gasteiger partial charge in [0.05, 0.1) is 34.7 Å². The molecule has 0 aliphatic carbocycles. The van der Waals surface area contributed by atoms with Gasteiger partial charge in [-0.3, -0.25) is 19.2 Å². The minimum Gasteiger partial charge on any atom is -0.354 e. The first-order chi connectivity index (χ1) is 19.0. The fraction of sp³-hybridized carbons (Fsp3) is 0.258. The highest BCUT2D eigenvalue weighted by atomic mass is 16.1. The molecule has 0 bridgehead atoms. The molecule has 3 aromatic heterocycles. The van der Waals surface area contributed by atoms with E-state index in [1.165, 1.54) is 31.0 Å². The number of likely N-dealkylation sites (tertiary alicyclic amines) is 1. The van der Waals surface area contributed by atoms with E-state index in [2.05, 4.69) is 43.5 Å². The molecule has 6 rings (SSSR count). The molecule has 4 heterocycles. The van der Waals surface area contributed by atoms with Crippen molar-refractivity contribution in [3.05, 3.63) is 106 Å². The highest BCUT2D eigenvalue weighted by Gasteiger charge is 2.16. The van der Waals surface area contributed by atoms with Gasteiger partial charge in [0, 0.05) is 29.8 Å². The van der Waals surface area contributed by atoms with Crippen LogP contribution in [0, 0.1) is 0 Å². The summed E-state index contributed by atoms with van der Waals surface area (Å²) in [7, 11) is 0. The van der Waals surface area contributed by atoms with Gasteiger partial charge in [-0.15, -0.1) is 0 Å². The Morgan fingerprint density at radius 1 is 1.05 bits per heavy atom. The highest BCUT2D eigenvalue weighted by Crippen LogP contribution is 2.26. The van der Waals surface area contributed by atoms with Crippen LogP contribution >= 0.6 is 0 Å². The van der Waals surface area contributed by atoms with Gasteiger partial charge in [0.25, 0.3) is 11.5 Å². The third-order valence-corrected chi connectivity index (χ3v) is 7.53. The summed E-state index contributed by atoms with van der Waals surface area (Å²) < 4.78 is 1.77. The second-order valence-corrected chi connectivity index (χ2v) is 10.3. The van der Waals surface area contributed by atoms with Crippen LogP contribution in [0.4, 0.5) is 5.69 Å². The van der Waals surface area contributed by atoms with Gasteiger partial charge in [-0.25, -0.2) is 0 Å². The Morgan fingerprint density at radius 2 is 1.87 bits per heavy atom. The Bertz CT molecular complexity index is 1660. The summed E-state index contributed by atoms with van der Waals surface area (Å²) in [4.78, 5) is 34.4. The number of aromatic nitrogens is 4. The van der Waals surface area contributed by atoms with Crippen molar-refractivity contribution in [3.63, 3.8) is 0 Å². The topological polar surface area (TPSA) is 98.8 Å². The van der Waals surface area contributed by atoms with Crippen molar-refractivity contribution >= 4 is 22.5 Å². The molecule has 1 atom stereocenters. The van der Waals surface area contributed by atoms with Crippen molar-refractivity contribution in [3.8, 4) is 11.3 Å². The fourth-order valence-corrected chi connectivity index (χ4v) is 5.31. The molecule has 1 aliphatic heterocycles. The highest BCUT2D eigenvalue weighted by molar-refractivity contribution is 6.04. The van der Waals surface area contributed by atoms with Gasteiger partial charge in [0.1, 0.15) is 0 Å². The molecular formula is C31H32N6O2. The van der Waals surface area contributed by atoms with Crippen LogP contribution < -0.4 is 10.9 Å². The van der Waals surface area contributed by atoms with Gasteiger partial charge in [-0.1, -0.05) is 42.8 Å². The summed E-state index contributed by atoms with van der Waals surface area (Å²) in [5.74, 6) is -0.293. The van der Waals surface area contributed by atoms with Crippen LogP contribution in [0.5, 0.6) is 0 Å². The van der Waals surface area contributed by atoms with E-state index in [1.807, 2.05) is 43.3 Å². The monoisotopic (exact) mass is 520 g/mol. The molecule has 0 radical (unpaired) electrons. The second kappa shape index (κ2) is 10.7. The predicted octanol–water partition coefficient (Wildman–Crippen LogP) is 5.57. The van der Waals surface area contributed by atoms with E-state index in [-0.39, 0.29) is 17.5 Å². The average molecular weight is 521 g/mol. The molecule has 2 aromatic carbocycles. The van der Waals surface area contributed by atoms with Gasteiger partial charge in [0.15, 0.2) is 0 Å². The van der Waals surface area contributed by atoms with Crippen LogP contribution in [0.25, 0.3) is 22.2 Å². The third kappa shape index (κ3) is 5.42. The number of carbonyl (C=O) groups excluding carboxylic acids is 1. The molecule has 1 aliphatic rings. The number of nitrogens with one attached hydrogen (secondary N) is 3. The summed E-state index contributed by atoms with van der Waals surface area (Å²) in [6, 6.07) is 20.1. The second-order valence-electron chi connectivity index (χ2n) is 10.3. The van der Waals surface area contributed by atoms with E-state index in [9.17, 15) is 9.59 Å². The van der Waals surface area contributed by atoms with Gasteiger partial charge in [-0.05, 0) is 68.2 Å².